The van der Waals surface area contributed by atoms with Gasteiger partial charge in [-0.2, -0.15) is 13.2 Å². The number of rotatable bonds is 7. The lowest BCUT2D eigenvalue weighted by Crippen LogP contribution is -2.58. The standard InChI is InChI=1S/C19H28F3N3O/c1-3-18(4-2,15-8-6-5-7-9-15)17(26)24-14-16(19(20,21)22)25-12-10-23-11-13-25/h5-9,16,23H,3-4,10-14H2,1-2H3,(H,24,26). The van der Waals surface area contributed by atoms with Crippen LogP contribution in [0.25, 0.3) is 0 Å². The maximum atomic E-state index is 13.5. The van der Waals surface area contributed by atoms with E-state index in [1.54, 1.807) is 0 Å². The monoisotopic (exact) mass is 371 g/mol. The van der Waals surface area contributed by atoms with Gasteiger partial charge in [0.05, 0.1) is 5.41 Å². The van der Waals surface area contributed by atoms with Gasteiger partial charge in [0.25, 0.3) is 0 Å². The van der Waals surface area contributed by atoms with Gasteiger partial charge >= 0.3 is 6.18 Å². The topological polar surface area (TPSA) is 44.4 Å². The first-order chi connectivity index (χ1) is 12.3. The minimum Gasteiger partial charge on any atom is -0.353 e. The van der Waals surface area contributed by atoms with Crippen molar-refractivity contribution in [3.05, 3.63) is 35.9 Å². The van der Waals surface area contributed by atoms with Gasteiger partial charge in [0.15, 0.2) is 0 Å². The fraction of sp³-hybridized carbons (Fsp3) is 0.632. The molecule has 1 aromatic rings. The third kappa shape index (κ3) is 4.57. The molecule has 1 saturated heterocycles. The molecular formula is C19H28F3N3O. The highest BCUT2D eigenvalue weighted by atomic mass is 19.4. The van der Waals surface area contributed by atoms with Crippen LogP contribution in [0.1, 0.15) is 32.3 Å². The summed E-state index contributed by atoms with van der Waals surface area (Å²) in [5, 5.41) is 5.66. The number of alkyl halides is 3. The van der Waals surface area contributed by atoms with E-state index in [1.165, 1.54) is 4.90 Å². The molecule has 0 radical (unpaired) electrons. The normalized spacial score (nSPS) is 17.7. The molecule has 1 heterocycles. The Morgan fingerprint density at radius 2 is 1.73 bits per heavy atom. The molecule has 2 N–H and O–H groups in total. The molecule has 1 fully saturated rings. The zero-order chi connectivity index (χ0) is 19.2. The first-order valence-corrected chi connectivity index (χ1v) is 9.20. The van der Waals surface area contributed by atoms with Gasteiger partial charge in [-0.3, -0.25) is 9.69 Å². The number of carbonyl (C=O) groups excluding carboxylic acids is 1. The summed E-state index contributed by atoms with van der Waals surface area (Å²) in [5.41, 5.74) is 0.0363. The van der Waals surface area contributed by atoms with Gasteiger partial charge in [0.2, 0.25) is 5.91 Å². The number of hydrogen-bond donors (Lipinski definition) is 2. The van der Waals surface area contributed by atoms with Crippen molar-refractivity contribution in [3.63, 3.8) is 0 Å². The zero-order valence-corrected chi connectivity index (χ0v) is 15.4. The van der Waals surface area contributed by atoms with Crippen molar-refractivity contribution >= 4 is 5.91 Å². The summed E-state index contributed by atoms with van der Waals surface area (Å²) in [5.74, 6) is -0.335. The second-order valence-corrected chi connectivity index (χ2v) is 6.71. The molecule has 1 amide bonds. The zero-order valence-electron chi connectivity index (χ0n) is 15.4. The molecule has 1 aliphatic rings. The fourth-order valence-corrected chi connectivity index (χ4v) is 3.67. The molecule has 1 unspecified atom stereocenters. The van der Waals surface area contributed by atoms with Crippen molar-refractivity contribution in [1.29, 1.82) is 0 Å². The second-order valence-electron chi connectivity index (χ2n) is 6.71. The van der Waals surface area contributed by atoms with Crippen molar-refractivity contribution in [2.24, 2.45) is 0 Å². The summed E-state index contributed by atoms with van der Waals surface area (Å²) in [4.78, 5) is 14.3. The Kier molecular flexibility index (Phi) is 7.06. The SMILES string of the molecule is CCC(CC)(C(=O)NCC(N1CCNCC1)C(F)(F)F)c1ccccc1. The average Bonchev–Trinajstić information content (AvgIpc) is 2.64. The highest BCUT2D eigenvalue weighted by Crippen LogP contribution is 2.32. The predicted molar refractivity (Wildman–Crippen MR) is 96.0 cm³/mol. The van der Waals surface area contributed by atoms with Gasteiger partial charge in [-0.1, -0.05) is 44.2 Å². The van der Waals surface area contributed by atoms with Crippen LogP contribution in [0.15, 0.2) is 30.3 Å². The summed E-state index contributed by atoms with van der Waals surface area (Å²) in [7, 11) is 0. The second kappa shape index (κ2) is 8.86. The lowest BCUT2D eigenvalue weighted by atomic mass is 9.75. The minimum atomic E-state index is -4.38. The number of piperazine rings is 1. The van der Waals surface area contributed by atoms with E-state index in [2.05, 4.69) is 10.6 Å². The number of halogens is 3. The van der Waals surface area contributed by atoms with E-state index in [-0.39, 0.29) is 5.91 Å². The number of hydrogen-bond acceptors (Lipinski definition) is 3. The summed E-state index contributed by atoms with van der Waals surface area (Å²) in [6.45, 7) is 5.08. The van der Waals surface area contributed by atoms with Crippen LogP contribution in [0.2, 0.25) is 0 Å². The van der Waals surface area contributed by atoms with Crippen molar-refractivity contribution in [1.82, 2.24) is 15.5 Å². The van der Waals surface area contributed by atoms with Crippen LogP contribution in [0.5, 0.6) is 0 Å². The van der Waals surface area contributed by atoms with Gasteiger partial charge in [0.1, 0.15) is 6.04 Å². The molecule has 0 spiro atoms. The van der Waals surface area contributed by atoms with Gasteiger partial charge in [-0.05, 0) is 18.4 Å². The predicted octanol–water partition coefficient (Wildman–Crippen LogP) is 2.70. The van der Waals surface area contributed by atoms with Gasteiger partial charge in [0, 0.05) is 32.7 Å². The molecule has 0 saturated carbocycles. The minimum absolute atomic E-state index is 0.325. The van der Waals surface area contributed by atoms with Crippen molar-refractivity contribution < 1.29 is 18.0 Å². The van der Waals surface area contributed by atoms with Crippen LogP contribution >= 0.6 is 0 Å². The van der Waals surface area contributed by atoms with Crippen LogP contribution in [0.3, 0.4) is 0 Å². The van der Waals surface area contributed by atoms with Gasteiger partial charge < -0.3 is 10.6 Å². The van der Waals surface area contributed by atoms with Crippen molar-refractivity contribution in [2.75, 3.05) is 32.7 Å². The number of nitrogens with one attached hydrogen (secondary N) is 2. The third-order valence-corrected chi connectivity index (χ3v) is 5.39. The molecule has 146 valence electrons. The van der Waals surface area contributed by atoms with E-state index in [9.17, 15) is 18.0 Å². The average molecular weight is 371 g/mol. The Hall–Kier alpha value is -1.60. The lowest BCUT2D eigenvalue weighted by molar-refractivity contribution is -0.184. The maximum absolute atomic E-state index is 13.5. The highest BCUT2D eigenvalue weighted by Gasteiger charge is 2.45. The maximum Gasteiger partial charge on any atom is 0.405 e. The summed E-state index contributed by atoms with van der Waals surface area (Å²) in [6, 6.07) is 7.63. The van der Waals surface area contributed by atoms with E-state index in [4.69, 9.17) is 0 Å². The van der Waals surface area contributed by atoms with Crippen LogP contribution in [0, 0.1) is 0 Å². The van der Waals surface area contributed by atoms with E-state index in [1.807, 2.05) is 44.2 Å². The van der Waals surface area contributed by atoms with E-state index in [0.29, 0.717) is 39.0 Å². The molecular weight excluding hydrogens is 343 g/mol. The van der Waals surface area contributed by atoms with Crippen LogP contribution < -0.4 is 10.6 Å². The molecule has 1 aliphatic heterocycles. The van der Waals surface area contributed by atoms with Crippen LogP contribution in [-0.4, -0.2) is 55.7 Å². The molecule has 7 heteroatoms. The molecule has 2 rings (SSSR count). The molecule has 26 heavy (non-hydrogen) atoms. The van der Waals surface area contributed by atoms with E-state index in [0.717, 1.165) is 5.56 Å². The Bertz CT molecular complexity index is 567. The summed E-state index contributed by atoms with van der Waals surface area (Å²) >= 11 is 0. The summed E-state index contributed by atoms with van der Waals surface area (Å²) in [6.07, 6.45) is -3.31. The van der Waals surface area contributed by atoms with E-state index < -0.39 is 24.2 Å². The highest BCUT2D eigenvalue weighted by molar-refractivity contribution is 5.88. The Balaban J connectivity index is 2.14. The Labute approximate surface area is 153 Å². The first kappa shape index (κ1) is 20.7. The Morgan fingerprint density at radius 1 is 1.15 bits per heavy atom. The molecule has 1 aromatic carbocycles. The van der Waals surface area contributed by atoms with Crippen LogP contribution in [-0.2, 0) is 10.2 Å². The van der Waals surface area contributed by atoms with Crippen molar-refractivity contribution in [3.8, 4) is 0 Å². The van der Waals surface area contributed by atoms with Gasteiger partial charge in [-0.15, -0.1) is 0 Å². The molecule has 0 bridgehead atoms. The smallest absolute Gasteiger partial charge is 0.353 e. The number of nitrogens with zero attached hydrogens (tertiary/aromatic N) is 1. The fourth-order valence-electron chi connectivity index (χ4n) is 3.67. The first-order valence-electron chi connectivity index (χ1n) is 9.20. The number of carbonyl (C=O) groups is 1. The number of amides is 1. The van der Waals surface area contributed by atoms with Gasteiger partial charge in [-0.25, -0.2) is 0 Å². The molecule has 1 atom stereocenters. The Morgan fingerprint density at radius 3 is 2.23 bits per heavy atom. The van der Waals surface area contributed by atoms with Crippen LogP contribution in [0.4, 0.5) is 13.2 Å². The molecule has 0 aromatic heterocycles. The van der Waals surface area contributed by atoms with Crippen molar-refractivity contribution in [2.45, 2.75) is 44.3 Å². The molecule has 0 aliphatic carbocycles. The third-order valence-electron chi connectivity index (χ3n) is 5.39. The largest absolute Gasteiger partial charge is 0.405 e. The van der Waals surface area contributed by atoms with E-state index >= 15 is 0 Å². The molecule has 4 nitrogen and oxygen atoms in total. The number of benzene rings is 1. The lowest BCUT2D eigenvalue weighted by Gasteiger charge is -2.37. The quantitative estimate of drug-likeness (QED) is 0.775. The summed E-state index contributed by atoms with van der Waals surface area (Å²) < 4.78 is 40.6.